The molecule has 0 radical (unpaired) electrons. The molecule has 1 rings (SSSR count). The highest BCUT2D eigenvalue weighted by Crippen LogP contribution is 2.23. The van der Waals surface area contributed by atoms with Crippen LogP contribution in [0.5, 0.6) is 0 Å². The second-order valence-corrected chi connectivity index (χ2v) is 18.7. The van der Waals surface area contributed by atoms with Gasteiger partial charge in [0, 0.05) is 19.4 Å². The van der Waals surface area contributed by atoms with E-state index >= 15 is 0 Å². The Balaban J connectivity index is 2.49. The Morgan fingerprint density at radius 3 is 1.49 bits per heavy atom. The molecule has 0 aliphatic carbocycles. The molecule has 0 heterocycles. The third-order valence-electron chi connectivity index (χ3n) is 13.1. The van der Waals surface area contributed by atoms with E-state index in [9.17, 15) is 9.59 Å². The van der Waals surface area contributed by atoms with Crippen LogP contribution in [0.25, 0.3) is 6.08 Å². The molecule has 1 unspecified atom stereocenters. The van der Waals surface area contributed by atoms with Crippen LogP contribution in [-0.2, 0) is 9.47 Å². The Morgan fingerprint density at radius 2 is 1.02 bits per heavy atom. The average molecular weight is 879 g/mol. The first-order valence-corrected chi connectivity index (χ1v) is 27.2. The van der Waals surface area contributed by atoms with E-state index < -0.39 is 10.9 Å². The number of nitrogens with zero attached hydrogens (tertiary/aromatic N) is 1. The number of ether oxygens (including phenoxy) is 2. The topological polar surface area (TPSA) is 67.9 Å². The van der Waals surface area contributed by atoms with Crippen LogP contribution < -0.4 is 16.2 Å². The molecule has 6 heteroatoms. The Hall–Kier alpha value is -2.56. The van der Waals surface area contributed by atoms with Gasteiger partial charge in [0.2, 0.25) is 10.9 Å². The first kappa shape index (κ1) is 58.5. The zero-order chi connectivity index (χ0) is 46.0. The van der Waals surface area contributed by atoms with Crippen molar-refractivity contribution < 1.29 is 9.47 Å². The maximum atomic E-state index is 12.0. The number of allylic oxidation sites excluding steroid dienone is 3. The van der Waals surface area contributed by atoms with E-state index in [1.807, 2.05) is 0 Å². The third kappa shape index (κ3) is 30.3. The second kappa shape index (κ2) is 42.1. The van der Waals surface area contributed by atoms with Crippen molar-refractivity contribution in [1.29, 1.82) is 0 Å². The number of rotatable bonds is 48. The lowest BCUT2D eigenvalue weighted by Crippen LogP contribution is -2.37. The molecule has 0 spiro atoms. The molecule has 0 aliphatic rings. The highest BCUT2D eigenvalue weighted by molar-refractivity contribution is 5.69. The van der Waals surface area contributed by atoms with Crippen molar-refractivity contribution in [2.45, 2.75) is 272 Å². The van der Waals surface area contributed by atoms with E-state index in [0.717, 1.165) is 70.3 Å². The lowest BCUT2D eigenvalue weighted by molar-refractivity contribution is 0.0890. The maximum Gasteiger partial charge on any atom is 0.250 e. The zero-order valence-corrected chi connectivity index (χ0v) is 42.4. The number of anilines is 1. The predicted octanol–water partition coefficient (Wildman–Crippen LogP) is 16.7. The molecule has 0 fully saturated rings. The third-order valence-corrected chi connectivity index (χ3v) is 13.1. The fraction of sp³-hybridized carbons (Fsp3) is 0.807. The average Bonchev–Trinajstić information content (AvgIpc) is 3.30. The lowest BCUT2D eigenvalue weighted by Gasteiger charge is -2.23. The van der Waals surface area contributed by atoms with Crippen molar-refractivity contribution in [1.82, 2.24) is 4.90 Å². The van der Waals surface area contributed by atoms with Crippen molar-refractivity contribution >= 4 is 11.8 Å². The van der Waals surface area contributed by atoms with Crippen LogP contribution in [0.1, 0.15) is 265 Å². The summed E-state index contributed by atoms with van der Waals surface area (Å²) in [5, 5.41) is 3.22. The van der Waals surface area contributed by atoms with Crippen LogP contribution in [-0.4, -0.2) is 43.3 Å². The van der Waals surface area contributed by atoms with Crippen molar-refractivity contribution in [3.05, 3.63) is 62.5 Å². The van der Waals surface area contributed by atoms with Gasteiger partial charge in [-0.25, -0.2) is 0 Å². The largest absolute Gasteiger partial charge is 0.495 e. The highest BCUT2D eigenvalue weighted by atomic mass is 16.5. The maximum absolute atomic E-state index is 12.0. The summed E-state index contributed by atoms with van der Waals surface area (Å²) in [5.74, 6) is 2.17. The summed E-state index contributed by atoms with van der Waals surface area (Å²) in [4.78, 5) is 26.5. The monoisotopic (exact) mass is 879 g/mol. The van der Waals surface area contributed by atoms with Gasteiger partial charge in [-0.3, -0.25) is 9.59 Å². The lowest BCUT2D eigenvalue weighted by atomic mass is 10.0. The normalized spacial score (nSPS) is 12.3. The van der Waals surface area contributed by atoms with Gasteiger partial charge in [-0.15, -0.1) is 0 Å². The number of nitrogens with one attached hydrogen (secondary N) is 1. The molecular formula is C57H102N2O4. The Kier molecular flexibility index (Phi) is 39.1. The Morgan fingerprint density at radius 1 is 0.571 bits per heavy atom. The zero-order valence-electron chi connectivity index (χ0n) is 42.4. The highest BCUT2D eigenvalue weighted by Gasteiger charge is 2.18. The van der Waals surface area contributed by atoms with Crippen LogP contribution in [0.4, 0.5) is 5.69 Å². The fourth-order valence-electron chi connectivity index (χ4n) is 8.89. The summed E-state index contributed by atoms with van der Waals surface area (Å²) in [6, 6.07) is 0. The van der Waals surface area contributed by atoms with Gasteiger partial charge in [0.1, 0.15) is 5.76 Å². The minimum absolute atomic E-state index is 0.314. The van der Waals surface area contributed by atoms with E-state index in [0.29, 0.717) is 30.0 Å². The number of unbranched alkanes of at least 4 members (excludes halogenated alkanes) is 23. The summed E-state index contributed by atoms with van der Waals surface area (Å²) >= 11 is 0. The summed E-state index contributed by atoms with van der Waals surface area (Å²) < 4.78 is 13.1. The van der Waals surface area contributed by atoms with Crippen LogP contribution in [0.2, 0.25) is 0 Å². The molecule has 0 bridgehead atoms. The number of hydrogen-bond donors (Lipinski definition) is 1. The van der Waals surface area contributed by atoms with Gasteiger partial charge in [-0.2, -0.15) is 0 Å². The van der Waals surface area contributed by atoms with E-state index in [1.165, 1.54) is 192 Å². The number of hydrogen-bond acceptors (Lipinski definition) is 6. The van der Waals surface area contributed by atoms with Crippen LogP contribution >= 0.6 is 0 Å². The molecule has 1 atom stereocenters. The molecular weight excluding hydrogens is 777 g/mol. The first-order chi connectivity index (χ1) is 30.9. The minimum atomic E-state index is -0.419. The first-order valence-electron chi connectivity index (χ1n) is 27.2. The molecule has 1 aromatic carbocycles. The van der Waals surface area contributed by atoms with Crippen molar-refractivity contribution in [3.8, 4) is 0 Å². The van der Waals surface area contributed by atoms with Gasteiger partial charge in [0.15, 0.2) is 0 Å². The van der Waals surface area contributed by atoms with Crippen LogP contribution in [0.3, 0.4) is 0 Å². The SMILES string of the molecule is C=C=C(CCCCCCCN(CCCCCCC/C(=C/C)OC(CC)CCCCCCCC)CCCNc1c(C=C)c(=O)c1=O)OC(CCCCCCCC)CCCCCCCC. The van der Waals surface area contributed by atoms with Gasteiger partial charge in [0.25, 0.3) is 0 Å². The van der Waals surface area contributed by atoms with Crippen molar-refractivity contribution in [2.75, 3.05) is 31.5 Å². The molecule has 1 N–H and O–H groups in total. The standard InChI is InChI=1S/C57H102N2O4/c1-8-15-18-21-26-33-41-50(11-4)62-51(12-5)42-34-29-24-31-38-47-59(49-40-46-58-55-54(14-7)56(60)57(55)61)48-39-32-25-30-35-43-52(13-6)63-53(44-36-27-22-19-16-9-2)45-37-28-23-20-17-10-3/h12,14,50,53,58H,6-11,15-49H2,1-5H3/b51-12-. The Bertz CT molecular complexity index is 1350. The summed E-state index contributed by atoms with van der Waals surface area (Å²) in [5.41, 5.74) is 3.24. The molecule has 0 aliphatic heterocycles. The molecule has 0 amide bonds. The summed E-state index contributed by atoms with van der Waals surface area (Å²) in [7, 11) is 0. The van der Waals surface area contributed by atoms with Gasteiger partial charge in [-0.05, 0) is 110 Å². The molecule has 6 nitrogen and oxygen atoms in total. The fourth-order valence-corrected chi connectivity index (χ4v) is 8.89. The van der Waals surface area contributed by atoms with E-state index in [2.05, 4.69) is 69.8 Å². The quantitative estimate of drug-likeness (QED) is 0.0304. The second-order valence-electron chi connectivity index (χ2n) is 18.7. The molecule has 364 valence electrons. The van der Waals surface area contributed by atoms with E-state index in [4.69, 9.17) is 9.47 Å². The molecule has 63 heavy (non-hydrogen) atoms. The minimum Gasteiger partial charge on any atom is -0.495 e. The molecule has 0 saturated carbocycles. The van der Waals surface area contributed by atoms with Gasteiger partial charge >= 0.3 is 0 Å². The van der Waals surface area contributed by atoms with Crippen LogP contribution in [0, 0.1) is 0 Å². The van der Waals surface area contributed by atoms with Gasteiger partial charge in [-0.1, -0.05) is 187 Å². The van der Waals surface area contributed by atoms with E-state index in [-0.39, 0.29) is 0 Å². The molecule has 0 saturated heterocycles. The summed E-state index contributed by atoms with van der Waals surface area (Å²) in [6.07, 6.45) is 48.1. The van der Waals surface area contributed by atoms with Gasteiger partial charge in [0.05, 0.1) is 29.2 Å². The van der Waals surface area contributed by atoms with Crippen molar-refractivity contribution in [3.63, 3.8) is 0 Å². The Labute approximate surface area is 390 Å². The van der Waals surface area contributed by atoms with E-state index in [1.54, 1.807) is 0 Å². The predicted molar refractivity (Wildman–Crippen MR) is 277 cm³/mol. The molecule has 1 aromatic rings. The van der Waals surface area contributed by atoms with Crippen molar-refractivity contribution in [2.24, 2.45) is 0 Å². The summed E-state index contributed by atoms with van der Waals surface area (Å²) in [6.45, 7) is 22.9. The van der Waals surface area contributed by atoms with Gasteiger partial charge < -0.3 is 19.7 Å². The molecule has 0 aromatic heterocycles. The van der Waals surface area contributed by atoms with Crippen LogP contribution in [0.15, 0.2) is 46.1 Å². The smallest absolute Gasteiger partial charge is 0.250 e.